The lowest BCUT2D eigenvalue weighted by molar-refractivity contribution is 0.122. The molecule has 0 amide bonds. The minimum atomic E-state index is 0.103. The summed E-state index contributed by atoms with van der Waals surface area (Å²) in [6.07, 6.45) is 0.786. The predicted octanol–water partition coefficient (Wildman–Crippen LogP) is 0.902. The maximum Gasteiger partial charge on any atom is 0.0738 e. The fraction of sp³-hybridized carbons (Fsp3) is 0.700. The van der Waals surface area contributed by atoms with Crippen LogP contribution >= 0.6 is 15.9 Å². The van der Waals surface area contributed by atoms with Gasteiger partial charge in [0.2, 0.25) is 0 Å². The summed E-state index contributed by atoms with van der Waals surface area (Å²) >= 11 is 3.53. The number of nitrogens with two attached hydrogens (primary N) is 1. The Morgan fingerprint density at radius 2 is 2.31 bits per heavy atom. The lowest BCUT2D eigenvalue weighted by Gasteiger charge is -2.15. The van der Waals surface area contributed by atoms with Crippen molar-refractivity contribution in [3.8, 4) is 0 Å². The molecule has 5 nitrogen and oxygen atoms in total. The molecule has 6 heteroatoms. The summed E-state index contributed by atoms with van der Waals surface area (Å²) in [6.45, 7) is 5.24. The van der Waals surface area contributed by atoms with Crippen LogP contribution in [-0.2, 0) is 18.2 Å². The van der Waals surface area contributed by atoms with E-state index in [9.17, 15) is 0 Å². The molecule has 16 heavy (non-hydrogen) atoms. The van der Waals surface area contributed by atoms with E-state index in [1.165, 1.54) is 0 Å². The van der Waals surface area contributed by atoms with Crippen LogP contribution in [0.25, 0.3) is 0 Å². The number of nitrogens with one attached hydrogen (secondary N) is 1. The van der Waals surface area contributed by atoms with Gasteiger partial charge in [-0.2, -0.15) is 5.10 Å². The molecular formula is C10H19BrN4O. The highest BCUT2D eigenvalue weighted by Gasteiger charge is 2.15. The Kier molecular flexibility index (Phi) is 5.40. The summed E-state index contributed by atoms with van der Waals surface area (Å²) < 4.78 is 8.28. The van der Waals surface area contributed by atoms with Gasteiger partial charge in [0, 0.05) is 26.1 Å². The zero-order chi connectivity index (χ0) is 12.1. The number of ether oxygens (including phenoxy) is 1. The Bertz CT molecular complexity index is 340. The number of hydrazine groups is 1. The molecule has 0 saturated carbocycles. The average Bonchev–Trinajstić information content (AvgIpc) is 2.50. The minimum absolute atomic E-state index is 0.103. The van der Waals surface area contributed by atoms with Gasteiger partial charge >= 0.3 is 0 Å². The van der Waals surface area contributed by atoms with Crippen molar-refractivity contribution in [3.05, 3.63) is 15.9 Å². The zero-order valence-corrected chi connectivity index (χ0v) is 11.5. The first-order chi connectivity index (χ1) is 7.60. The van der Waals surface area contributed by atoms with Gasteiger partial charge in [-0.25, -0.2) is 0 Å². The fourth-order valence-electron chi connectivity index (χ4n) is 1.56. The quantitative estimate of drug-likeness (QED) is 0.604. The van der Waals surface area contributed by atoms with E-state index < -0.39 is 0 Å². The van der Waals surface area contributed by atoms with Crippen LogP contribution in [0.3, 0.4) is 0 Å². The highest BCUT2D eigenvalue weighted by atomic mass is 79.9. The molecule has 1 unspecified atom stereocenters. The Morgan fingerprint density at radius 1 is 1.62 bits per heavy atom. The number of rotatable bonds is 6. The van der Waals surface area contributed by atoms with Crippen LogP contribution in [0, 0.1) is 6.92 Å². The monoisotopic (exact) mass is 290 g/mol. The predicted molar refractivity (Wildman–Crippen MR) is 67.0 cm³/mol. The molecule has 0 aliphatic rings. The molecule has 1 aromatic rings. The van der Waals surface area contributed by atoms with Crippen LogP contribution < -0.4 is 11.3 Å². The van der Waals surface area contributed by atoms with E-state index in [4.69, 9.17) is 10.6 Å². The molecule has 0 aliphatic heterocycles. The van der Waals surface area contributed by atoms with E-state index >= 15 is 0 Å². The molecule has 3 N–H and O–H groups in total. The Balaban J connectivity index is 2.69. The van der Waals surface area contributed by atoms with Crippen molar-refractivity contribution in [1.82, 2.24) is 15.2 Å². The second-order valence-corrected chi connectivity index (χ2v) is 4.49. The number of hydrogen-bond acceptors (Lipinski definition) is 4. The first kappa shape index (κ1) is 13.6. The standard InChI is InChI=1S/C10H19BrN4O/c1-4-16-6-8(13-12)5-9-10(11)7(2)14-15(9)3/h8,13H,4-6,12H2,1-3H3. The molecular weight excluding hydrogens is 272 g/mol. The molecule has 1 rings (SSSR count). The van der Waals surface area contributed by atoms with Gasteiger partial charge in [0.1, 0.15) is 0 Å². The molecule has 0 spiro atoms. The summed E-state index contributed by atoms with van der Waals surface area (Å²) in [6, 6.07) is 0.103. The largest absolute Gasteiger partial charge is 0.380 e. The van der Waals surface area contributed by atoms with Crippen molar-refractivity contribution >= 4 is 15.9 Å². The third-order valence-corrected chi connectivity index (χ3v) is 3.49. The van der Waals surface area contributed by atoms with Crippen LogP contribution in [-0.4, -0.2) is 29.0 Å². The van der Waals surface area contributed by atoms with Gasteiger partial charge in [-0.3, -0.25) is 16.0 Å². The van der Waals surface area contributed by atoms with Gasteiger partial charge in [0.25, 0.3) is 0 Å². The number of aromatic nitrogens is 2. The van der Waals surface area contributed by atoms with Crippen molar-refractivity contribution in [2.45, 2.75) is 26.3 Å². The second-order valence-electron chi connectivity index (χ2n) is 3.70. The van der Waals surface area contributed by atoms with Gasteiger partial charge in [-0.15, -0.1) is 0 Å². The Hall–Kier alpha value is -0.430. The van der Waals surface area contributed by atoms with Crippen molar-refractivity contribution in [3.63, 3.8) is 0 Å². The molecule has 0 fully saturated rings. The van der Waals surface area contributed by atoms with E-state index in [1.807, 2.05) is 25.6 Å². The number of hydrogen-bond donors (Lipinski definition) is 2. The van der Waals surface area contributed by atoms with E-state index in [-0.39, 0.29) is 6.04 Å². The molecule has 1 aromatic heterocycles. The molecule has 0 aliphatic carbocycles. The van der Waals surface area contributed by atoms with Gasteiger partial charge in [0.05, 0.1) is 22.5 Å². The number of halogens is 1. The molecule has 1 atom stereocenters. The lowest BCUT2D eigenvalue weighted by atomic mass is 10.1. The maximum atomic E-state index is 5.49. The zero-order valence-electron chi connectivity index (χ0n) is 9.96. The highest BCUT2D eigenvalue weighted by molar-refractivity contribution is 9.10. The summed E-state index contributed by atoms with van der Waals surface area (Å²) in [4.78, 5) is 0. The number of nitrogens with zero attached hydrogens (tertiary/aromatic N) is 2. The van der Waals surface area contributed by atoms with E-state index in [1.54, 1.807) is 0 Å². The summed E-state index contributed by atoms with van der Waals surface area (Å²) in [7, 11) is 1.93. The molecule has 92 valence electrons. The van der Waals surface area contributed by atoms with Crippen LogP contribution in [0.4, 0.5) is 0 Å². The molecule has 0 saturated heterocycles. The summed E-state index contributed by atoms with van der Waals surface area (Å²) in [5.74, 6) is 5.49. The van der Waals surface area contributed by atoms with E-state index in [0.29, 0.717) is 13.2 Å². The molecule has 1 heterocycles. The molecule has 0 aromatic carbocycles. The van der Waals surface area contributed by atoms with E-state index in [2.05, 4.69) is 26.5 Å². The van der Waals surface area contributed by atoms with Crippen molar-refractivity contribution in [1.29, 1.82) is 0 Å². The minimum Gasteiger partial charge on any atom is -0.380 e. The fourth-order valence-corrected chi connectivity index (χ4v) is 2.06. The van der Waals surface area contributed by atoms with Crippen molar-refractivity contribution < 1.29 is 4.74 Å². The smallest absolute Gasteiger partial charge is 0.0738 e. The normalized spacial score (nSPS) is 13.1. The van der Waals surface area contributed by atoms with Crippen molar-refractivity contribution in [2.24, 2.45) is 12.9 Å². The first-order valence-corrected chi connectivity index (χ1v) is 6.11. The second kappa shape index (κ2) is 6.34. The first-order valence-electron chi connectivity index (χ1n) is 5.32. The SMILES string of the molecule is CCOCC(Cc1c(Br)c(C)nn1C)NN. The topological polar surface area (TPSA) is 65.1 Å². The molecule has 0 bridgehead atoms. The van der Waals surface area contributed by atoms with Crippen molar-refractivity contribution in [2.75, 3.05) is 13.2 Å². The van der Waals surface area contributed by atoms with Crippen LogP contribution in [0.5, 0.6) is 0 Å². The summed E-state index contributed by atoms with van der Waals surface area (Å²) in [5.41, 5.74) is 4.88. The van der Waals surface area contributed by atoms with Gasteiger partial charge in [-0.05, 0) is 29.8 Å². The lowest BCUT2D eigenvalue weighted by Crippen LogP contribution is -2.40. The van der Waals surface area contributed by atoms with Crippen LogP contribution in [0.1, 0.15) is 18.3 Å². The van der Waals surface area contributed by atoms with Crippen LogP contribution in [0.2, 0.25) is 0 Å². The average molecular weight is 291 g/mol. The Labute approximate surface area is 104 Å². The Morgan fingerprint density at radius 3 is 2.75 bits per heavy atom. The van der Waals surface area contributed by atoms with Gasteiger partial charge in [-0.1, -0.05) is 0 Å². The third kappa shape index (κ3) is 3.28. The van der Waals surface area contributed by atoms with E-state index in [0.717, 1.165) is 22.3 Å². The molecule has 0 radical (unpaired) electrons. The maximum absolute atomic E-state index is 5.49. The van der Waals surface area contributed by atoms with Crippen LogP contribution in [0.15, 0.2) is 4.47 Å². The third-order valence-electron chi connectivity index (χ3n) is 2.46. The van der Waals surface area contributed by atoms with Gasteiger partial charge < -0.3 is 4.74 Å². The number of aryl methyl sites for hydroxylation is 2. The summed E-state index contributed by atoms with van der Waals surface area (Å²) in [5, 5.41) is 4.34. The highest BCUT2D eigenvalue weighted by Crippen LogP contribution is 2.21. The van der Waals surface area contributed by atoms with Gasteiger partial charge in [0.15, 0.2) is 0 Å².